The van der Waals surface area contributed by atoms with Gasteiger partial charge in [0.1, 0.15) is 5.69 Å². The van der Waals surface area contributed by atoms with Crippen molar-refractivity contribution in [3.8, 4) is 0 Å². The van der Waals surface area contributed by atoms with Gasteiger partial charge in [0, 0.05) is 37.8 Å². The van der Waals surface area contributed by atoms with Crippen molar-refractivity contribution in [2.45, 2.75) is 0 Å². The lowest BCUT2D eigenvalue weighted by Gasteiger charge is -2.30. The second kappa shape index (κ2) is 9.94. The maximum Gasteiger partial charge on any atom is 0.245 e. The molecule has 0 radical (unpaired) electrons. The van der Waals surface area contributed by atoms with E-state index >= 15 is 0 Å². The highest BCUT2D eigenvalue weighted by molar-refractivity contribution is 5.83. The van der Waals surface area contributed by atoms with Gasteiger partial charge in [-0.2, -0.15) is 15.3 Å². The summed E-state index contributed by atoms with van der Waals surface area (Å²) in [6, 6.07) is 5.11. The van der Waals surface area contributed by atoms with Crippen LogP contribution in [0.15, 0.2) is 29.5 Å². The van der Waals surface area contributed by atoms with Gasteiger partial charge in [0.15, 0.2) is 17.3 Å². The summed E-state index contributed by atoms with van der Waals surface area (Å²) in [6.07, 6.45) is 2.56. The highest BCUT2D eigenvalue weighted by Gasteiger charge is 2.19. The first-order valence-electron chi connectivity index (χ1n) is 9.96. The summed E-state index contributed by atoms with van der Waals surface area (Å²) in [4.78, 5) is 11.9. The molecular formula is C19H24FN7O4. The van der Waals surface area contributed by atoms with Crippen molar-refractivity contribution < 1.29 is 24.3 Å². The van der Waals surface area contributed by atoms with Crippen LogP contribution in [-0.2, 0) is 9.47 Å². The number of hydrogen-bond donors (Lipinski definition) is 3. The predicted octanol–water partition coefficient (Wildman–Crippen LogP) is 0.138. The van der Waals surface area contributed by atoms with Crippen molar-refractivity contribution in [2.24, 2.45) is 5.10 Å². The van der Waals surface area contributed by atoms with E-state index in [1.807, 2.05) is 4.90 Å². The van der Waals surface area contributed by atoms with Gasteiger partial charge in [0.25, 0.3) is 0 Å². The molecule has 2 aromatic rings. The van der Waals surface area contributed by atoms with Crippen molar-refractivity contribution in [2.75, 3.05) is 67.8 Å². The fourth-order valence-corrected chi connectivity index (χ4v) is 3.46. The van der Waals surface area contributed by atoms with Crippen molar-refractivity contribution in [1.82, 2.24) is 9.97 Å². The molecule has 0 aliphatic carbocycles. The number of ether oxygens (including phenoxy) is 2. The number of nitrogens with one attached hydrogen (secondary N) is 2. The third kappa shape index (κ3) is 5.24. The van der Waals surface area contributed by atoms with Gasteiger partial charge in [-0.1, -0.05) is 6.07 Å². The molecule has 2 aliphatic heterocycles. The van der Waals surface area contributed by atoms with Gasteiger partial charge in [-0.15, -0.1) is 0 Å². The summed E-state index contributed by atoms with van der Waals surface area (Å²) < 4.78 is 24.7. The first-order chi connectivity index (χ1) is 15.1. The van der Waals surface area contributed by atoms with E-state index in [2.05, 4.69) is 20.5 Å². The molecule has 2 saturated heterocycles. The topological polar surface area (TPSA) is 123 Å². The van der Waals surface area contributed by atoms with Crippen molar-refractivity contribution >= 4 is 29.4 Å². The van der Waals surface area contributed by atoms with E-state index in [9.17, 15) is 14.8 Å². The van der Waals surface area contributed by atoms with Crippen LogP contribution >= 0.6 is 0 Å². The van der Waals surface area contributed by atoms with Gasteiger partial charge in [-0.05, 0) is 6.07 Å². The lowest BCUT2D eigenvalue weighted by atomic mass is 10.1. The molecule has 2 fully saturated rings. The Morgan fingerprint density at radius 2 is 1.81 bits per heavy atom. The Morgan fingerprint density at radius 3 is 2.48 bits per heavy atom. The standard InChI is InChI=1S/C19H24FN7O4/c20-15-13-21-19(23-18(15)26-5-9-31-10-6-26)24-22-12-14-1-2-16(17(11-14)27(28)29)25-3-7-30-8-4-25/h1-2,11-13,27-28H,3-10H2,(H,21,23,24). The second-order valence-electron chi connectivity index (χ2n) is 7.02. The van der Waals surface area contributed by atoms with Crippen LogP contribution in [0.1, 0.15) is 5.56 Å². The van der Waals surface area contributed by atoms with Gasteiger partial charge >= 0.3 is 0 Å². The summed E-state index contributed by atoms with van der Waals surface area (Å²) >= 11 is 0. The van der Waals surface area contributed by atoms with Crippen LogP contribution < -0.4 is 20.5 Å². The molecule has 12 heteroatoms. The number of quaternary nitrogens is 1. The summed E-state index contributed by atoms with van der Waals surface area (Å²) in [5.41, 5.74) is 4.11. The number of nitrogens with zero attached hydrogens (tertiary/aromatic N) is 5. The van der Waals surface area contributed by atoms with Crippen molar-refractivity contribution in [3.05, 3.63) is 41.0 Å². The molecule has 3 heterocycles. The fourth-order valence-electron chi connectivity index (χ4n) is 3.46. The Labute approximate surface area is 178 Å². The number of halogens is 1. The smallest absolute Gasteiger partial charge is 0.245 e. The molecule has 166 valence electrons. The lowest BCUT2D eigenvalue weighted by molar-refractivity contribution is -0.990. The highest BCUT2D eigenvalue weighted by Crippen LogP contribution is 2.24. The van der Waals surface area contributed by atoms with Gasteiger partial charge in [-0.3, -0.25) is 0 Å². The summed E-state index contributed by atoms with van der Waals surface area (Å²) in [5.74, 6) is -0.178. The fraction of sp³-hybridized carbons (Fsp3) is 0.421. The molecular weight excluding hydrogens is 409 g/mol. The largest absolute Gasteiger partial charge is 0.595 e. The molecule has 4 rings (SSSR count). The molecule has 1 aromatic heterocycles. The van der Waals surface area contributed by atoms with Crippen molar-refractivity contribution in [3.63, 3.8) is 0 Å². The molecule has 0 spiro atoms. The van der Waals surface area contributed by atoms with E-state index in [1.54, 1.807) is 23.1 Å². The third-order valence-electron chi connectivity index (χ3n) is 5.02. The normalized spacial score (nSPS) is 18.4. The minimum atomic E-state index is -1.01. The van der Waals surface area contributed by atoms with E-state index < -0.39 is 11.0 Å². The number of anilines is 3. The Hall–Kier alpha value is -2.90. The molecule has 3 N–H and O–H groups in total. The van der Waals surface area contributed by atoms with Gasteiger partial charge in [0.2, 0.25) is 5.95 Å². The Bertz CT molecular complexity index is 918. The number of morpholine rings is 2. The maximum absolute atomic E-state index is 14.1. The van der Waals surface area contributed by atoms with Gasteiger partial charge in [0.05, 0.1) is 38.8 Å². The molecule has 1 atom stereocenters. The quantitative estimate of drug-likeness (QED) is 0.431. The summed E-state index contributed by atoms with van der Waals surface area (Å²) in [7, 11) is 0. The zero-order valence-corrected chi connectivity index (χ0v) is 16.8. The van der Waals surface area contributed by atoms with Gasteiger partial charge in [-0.25, -0.2) is 20.0 Å². The molecule has 0 saturated carbocycles. The zero-order valence-electron chi connectivity index (χ0n) is 16.8. The number of hydrogen-bond acceptors (Lipinski definition) is 10. The van der Waals surface area contributed by atoms with E-state index in [1.165, 1.54) is 6.21 Å². The van der Waals surface area contributed by atoms with Crippen LogP contribution in [0.4, 0.5) is 27.5 Å². The SMILES string of the molecule is [O-][NH+](O)c1cc(C=NNc2ncc(F)c(N3CCOCC3)n2)ccc1N1CCOCC1. The zero-order chi connectivity index (χ0) is 21.6. The number of hydrazone groups is 1. The Balaban J connectivity index is 1.46. The van der Waals surface area contributed by atoms with E-state index in [4.69, 9.17) is 9.47 Å². The molecule has 11 nitrogen and oxygen atoms in total. The highest BCUT2D eigenvalue weighted by atomic mass is 19.1. The number of aromatic nitrogens is 2. The Kier molecular flexibility index (Phi) is 6.84. The molecule has 31 heavy (non-hydrogen) atoms. The average Bonchev–Trinajstić information content (AvgIpc) is 2.81. The van der Waals surface area contributed by atoms with Crippen molar-refractivity contribution in [1.29, 1.82) is 0 Å². The van der Waals surface area contributed by atoms with Crippen LogP contribution in [0.25, 0.3) is 0 Å². The minimum absolute atomic E-state index is 0.141. The molecule has 1 aromatic carbocycles. The number of benzene rings is 1. The predicted molar refractivity (Wildman–Crippen MR) is 111 cm³/mol. The minimum Gasteiger partial charge on any atom is -0.595 e. The number of rotatable bonds is 6. The first kappa shape index (κ1) is 21.3. The molecule has 0 bridgehead atoms. The van der Waals surface area contributed by atoms with Crippen LogP contribution in [0.2, 0.25) is 0 Å². The molecule has 0 amide bonds. The lowest BCUT2D eigenvalue weighted by Crippen LogP contribution is -2.99. The van der Waals surface area contributed by atoms with Crippen LogP contribution in [0, 0.1) is 11.0 Å². The van der Waals surface area contributed by atoms with E-state index in [-0.39, 0.29) is 17.5 Å². The first-order valence-corrected chi connectivity index (χ1v) is 9.96. The molecule has 2 aliphatic rings. The van der Waals surface area contributed by atoms with Crippen LogP contribution in [0.3, 0.4) is 0 Å². The maximum atomic E-state index is 14.1. The van der Waals surface area contributed by atoms with E-state index in [0.29, 0.717) is 63.9 Å². The van der Waals surface area contributed by atoms with E-state index in [0.717, 1.165) is 6.20 Å². The second-order valence-corrected chi connectivity index (χ2v) is 7.02. The summed E-state index contributed by atoms with van der Waals surface area (Å²) in [6.45, 7) is 4.53. The monoisotopic (exact) mass is 433 g/mol. The van der Waals surface area contributed by atoms with Crippen LogP contribution in [0.5, 0.6) is 0 Å². The Morgan fingerprint density at radius 1 is 1.13 bits per heavy atom. The summed E-state index contributed by atoms with van der Waals surface area (Å²) in [5, 5.41) is 24.4. The third-order valence-corrected chi connectivity index (χ3v) is 5.02. The van der Waals surface area contributed by atoms with Gasteiger partial charge < -0.3 is 24.5 Å². The van der Waals surface area contributed by atoms with Crippen LogP contribution in [-0.4, -0.2) is 74.0 Å². The average molecular weight is 433 g/mol. The molecule has 1 unspecified atom stereocenters.